The van der Waals surface area contributed by atoms with Crippen molar-refractivity contribution in [1.29, 1.82) is 0 Å². The van der Waals surface area contributed by atoms with Crippen LogP contribution in [0.5, 0.6) is 11.5 Å². The molecule has 0 aliphatic carbocycles. The molecule has 0 fully saturated rings. The molecule has 0 aliphatic heterocycles. The minimum Gasteiger partial charge on any atom is -0.490 e. The number of hydrogen-bond acceptors (Lipinski definition) is 3. The number of benzene rings is 2. The number of hydrogen-bond donors (Lipinski definition) is 1. The lowest BCUT2D eigenvalue weighted by Crippen LogP contribution is -2.16. The normalized spacial score (nSPS) is 11.0. The van der Waals surface area contributed by atoms with Gasteiger partial charge in [0.2, 0.25) is 0 Å². The molecule has 2 aromatic carbocycles. The highest BCUT2D eigenvalue weighted by Gasteiger charge is 2.13. The van der Waals surface area contributed by atoms with Gasteiger partial charge in [-0.3, -0.25) is 0 Å². The third-order valence-electron chi connectivity index (χ3n) is 3.89. The fourth-order valence-corrected chi connectivity index (χ4v) is 2.77. The molecule has 5 heteroatoms. The Labute approximate surface area is 160 Å². The Morgan fingerprint density at radius 2 is 1.81 bits per heavy atom. The molecule has 0 heterocycles. The predicted molar refractivity (Wildman–Crippen MR) is 105 cm³/mol. The standard InChI is InChI=1S/C21H27ClFNO2/c1-4-25-20-12-17(13-24-10-9-15(2)3)11-19(22)21(20)26-14-16-5-7-18(23)8-6-16/h5-8,11-12,15,24H,4,9-10,13-14H2,1-3H3. The zero-order valence-electron chi connectivity index (χ0n) is 15.6. The van der Waals surface area contributed by atoms with Crippen LogP contribution in [0.25, 0.3) is 0 Å². The average Bonchev–Trinajstić information content (AvgIpc) is 2.59. The number of halogens is 2. The lowest BCUT2D eigenvalue weighted by Gasteiger charge is -2.16. The Kier molecular flexibility index (Phi) is 8.20. The number of rotatable bonds is 10. The van der Waals surface area contributed by atoms with Crippen LogP contribution in [-0.4, -0.2) is 13.2 Å². The summed E-state index contributed by atoms with van der Waals surface area (Å²) in [6.07, 6.45) is 1.13. The summed E-state index contributed by atoms with van der Waals surface area (Å²) in [5.74, 6) is 1.55. The second-order valence-corrected chi connectivity index (χ2v) is 7.02. The molecular formula is C21H27ClFNO2. The molecule has 0 spiro atoms. The largest absolute Gasteiger partial charge is 0.490 e. The van der Waals surface area contributed by atoms with Gasteiger partial charge in [-0.05, 0) is 61.2 Å². The number of ether oxygens (including phenoxy) is 2. The summed E-state index contributed by atoms with van der Waals surface area (Å²) < 4.78 is 24.6. The molecule has 0 saturated carbocycles. The van der Waals surface area contributed by atoms with Gasteiger partial charge >= 0.3 is 0 Å². The average molecular weight is 380 g/mol. The molecule has 0 aliphatic rings. The summed E-state index contributed by atoms with van der Waals surface area (Å²) in [7, 11) is 0. The van der Waals surface area contributed by atoms with E-state index in [1.807, 2.05) is 19.1 Å². The molecule has 2 rings (SSSR count). The van der Waals surface area contributed by atoms with Crippen LogP contribution >= 0.6 is 11.6 Å². The Hall–Kier alpha value is -1.78. The molecule has 0 radical (unpaired) electrons. The molecule has 1 N–H and O–H groups in total. The summed E-state index contributed by atoms with van der Waals surface area (Å²) in [6.45, 7) is 8.84. The third kappa shape index (κ3) is 6.50. The van der Waals surface area contributed by atoms with E-state index in [-0.39, 0.29) is 5.82 Å². The van der Waals surface area contributed by atoms with Gasteiger partial charge in [0, 0.05) is 6.54 Å². The topological polar surface area (TPSA) is 30.5 Å². The molecule has 0 atom stereocenters. The van der Waals surface area contributed by atoms with Crippen LogP contribution in [0.4, 0.5) is 4.39 Å². The summed E-state index contributed by atoms with van der Waals surface area (Å²) in [6, 6.07) is 10.1. The van der Waals surface area contributed by atoms with E-state index in [1.54, 1.807) is 12.1 Å². The minimum atomic E-state index is -0.267. The van der Waals surface area contributed by atoms with Crippen LogP contribution in [0.3, 0.4) is 0 Å². The van der Waals surface area contributed by atoms with E-state index in [2.05, 4.69) is 19.2 Å². The summed E-state index contributed by atoms with van der Waals surface area (Å²) in [4.78, 5) is 0. The predicted octanol–water partition coefficient (Wildman–Crippen LogP) is 5.59. The molecule has 26 heavy (non-hydrogen) atoms. The van der Waals surface area contributed by atoms with Gasteiger partial charge in [0.05, 0.1) is 11.6 Å². The Morgan fingerprint density at radius 1 is 1.08 bits per heavy atom. The third-order valence-corrected chi connectivity index (χ3v) is 4.17. The van der Waals surface area contributed by atoms with E-state index in [0.29, 0.717) is 35.7 Å². The van der Waals surface area contributed by atoms with Gasteiger partial charge in [0.25, 0.3) is 0 Å². The van der Waals surface area contributed by atoms with E-state index in [0.717, 1.165) is 30.6 Å². The molecule has 0 aromatic heterocycles. The molecule has 142 valence electrons. The van der Waals surface area contributed by atoms with Crippen LogP contribution in [0.1, 0.15) is 38.3 Å². The smallest absolute Gasteiger partial charge is 0.180 e. The SMILES string of the molecule is CCOc1cc(CNCCC(C)C)cc(Cl)c1OCc1ccc(F)cc1. The highest BCUT2D eigenvalue weighted by Crippen LogP contribution is 2.37. The maximum Gasteiger partial charge on any atom is 0.180 e. The first-order valence-corrected chi connectivity index (χ1v) is 9.40. The van der Waals surface area contributed by atoms with E-state index in [1.165, 1.54) is 12.1 Å². The van der Waals surface area contributed by atoms with Crippen molar-refractivity contribution in [1.82, 2.24) is 5.32 Å². The van der Waals surface area contributed by atoms with Gasteiger partial charge in [-0.15, -0.1) is 0 Å². The number of nitrogens with one attached hydrogen (secondary N) is 1. The second kappa shape index (κ2) is 10.4. The first-order valence-electron chi connectivity index (χ1n) is 9.02. The molecule has 0 amide bonds. The van der Waals surface area contributed by atoms with Gasteiger partial charge in [-0.1, -0.05) is 37.6 Å². The Morgan fingerprint density at radius 3 is 2.46 bits per heavy atom. The van der Waals surface area contributed by atoms with Crippen molar-refractivity contribution in [3.05, 3.63) is 58.4 Å². The zero-order chi connectivity index (χ0) is 18.9. The van der Waals surface area contributed by atoms with Crippen molar-refractivity contribution < 1.29 is 13.9 Å². The second-order valence-electron chi connectivity index (χ2n) is 6.61. The van der Waals surface area contributed by atoms with Crippen molar-refractivity contribution in [3.63, 3.8) is 0 Å². The molecule has 0 bridgehead atoms. The fraction of sp³-hybridized carbons (Fsp3) is 0.429. The molecule has 3 nitrogen and oxygen atoms in total. The zero-order valence-corrected chi connectivity index (χ0v) is 16.4. The highest BCUT2D eigenvalue weighted by atomic mass is 35.5. The van der Waals surface area contributed by atoms with Gasteiger partial charge in [-0.25, -0.2) is 4.39 Å². The van der Waals surface area contributed by atoms with Crippen molar-refractivity contribution in [2.75, 3.05) is 13.2 Å². The monoisotopic (exact) mass is 379 g/mol. The van der Waals surface area contributed by atoms with E-state index in [4.69, 9.17) is 21.1 Å². The minimum absolute atomic E-state index is 0.267. The first-order chi connectivity index (χ1) is 12.5. The van der Waals surface area contributed by atoms with Gasteiger partial charge in [-0.2, -0.15) is 0 Å². The first kappa shape index (κ1) is 20.5. The summed E-state index contributed by atoms with van der Waals surface area (Å²) >= 11 is 6.43. The summed E-state index contributed by atoms with van der Waals surface area (Å²) in [5.41, 5.74) is 1.92. The van der Waals surface area contributed by atoms with Crippen LogP contribution < -0.4 is 14.8 Å². The van der Waals surface area contributed by atoms with Crippen molar-refractivity contribution >= 4 is 11.6 Å². The fourth-order valence-electron chi connectivity index (χ4n) is 2.49. The molecule has 0 saturated heterocycles. The quantitative estimate of drug-likeness (QED) is 0.545. The van der Waals surface area contributed by atoms with Gasteiger partial charge in [0.15, 0.2) is 11.5 Å². The van der Waals surface area contributed by atoms with Crippen LogP contribution in [0.2, 0.25) is 5.02 Å². The van der Waals surface area contributed by atoms with Crippen molar-refractivity contribution in [3.8, 4) is 11.5 Å². The van der Waals surface area contributed by atoms with Crippen LogP contribution in [0.15, 0.2) is 36.4 Å². The van der Waals surface area contributed by atoms with E-state index in [9.17, 15) is 4.39 Å². The van der Waals surface area contributed by atoms with E-state index >= 15 is 0 Å². The molecule has 0 unspecified atom stereocenters. The Balaban J connectivity index is 2.05. The van der Waals surface area contributed by atoms with Crippen LogP contribution in [-0.2, 0) is 13.2 Å². The van der Waals surface area contributed by atoms with Crippen LogP contribution in [0, 0.1) is 11.7 Å². The highest BCUT2D eigenvalue weighted by molar-refractivity contribution is 6.32. The summed E-state index contributed by atoms with van der Waals surface area (Å²) in [5, 5.41) is 3.93. The lowest BCUT2D eigenvalue weighted by molar-refractivity contribution is 0.269. The lowest BCUT2D eigenvalue weighted by atomic mass is 10.1. The van der Waals surface area contributed by atoms with Crippen molar-refractivity contribution in [2.24, 2.45) is 5.92 Å². The van der Waals surface area contributed by atoms with Gasteiger partial charge in [0.1, 0.15) is 12.4 Å². The van der Waals surface area contributed by atoms with E-state index < -0.39 is 0 Å². The molecular weight excluding hydrogens is 353 g/mol. The molecule has 2 aromatic rings. The Bertz CT molecular complexity index is 689. The van der Waals surface area contributed by atoms with Gasteiger partial charge < -0.3 is 14.8 Å². The van der Waals surface area contributed by atoms with Crippen molar-refractivity contribution in [2.45, 2.75) is 40.3 Å². The maximum atomic E-state index is 13.0. The maximum absolute atomic E-state index is 13.0.